The average molecular weight is 452 g/mol. The van der Waals surface area contributed by atoms with Gasteiger partial charge in [-0.05, 0) is 36.1 Å². The summed E-state index contributed by atoms with van der Waals surface area (Å²) in [5.74, 6) is -0.0203. The number of amides is 2. The van der Waals surface area contributed by atoms with Crippen molar-refractivity contribution in [3.05, 3.63) is 65.2 Å². The van der Waals surface area contributed by atoms with E-state index in [1.165, 1.54) is 10.5 Å². The molecule has 176 valence electrons. The van der Waals surface area contributed by atoms with E-state index in [1.54, 1.807) is 0 Å². The van der Waals surface area contributed by atoms with Gasteiger partial charge >= 0.3 is 6.09 Å². The van der Waals surface area contributed by atoms with E-state index in [-0.39, 0.29) is 43.1 Å². The van der Waals surface area contributed by atoms with Gasteiger partial charge in [-0.1, -0.05) is 56.3 Å². The van der Waals surface area contributed by atoms with E-state index in [0.29, 0.717) is 13.1 Å². The number of anilines is 1. The lowest BCUT2D eigenvalue weighted by molar-refractivity contribution is -0.121. The highest BCUT2D eigenvalue weighted by Crippen LogP contribution is 2.41. The van der Waals surface area contributed by atoms with E-state index in [2.05, 4.69) is 44.2 Å². The molecule has 0 aliphatic carbocycles. The molecule has 33 heavy (non-hydrogen) atoms. The van der Waals surface area contributed by atoms with Gasteiger partial charge in [0.15, 0.2) is 0 Å². The zero-order chi connectivity index (χ0) is 23.8. The van der Waals surface area contributed by atoms with E-state index >= 15 is 0 Å². The summed E-state index contributed by atoms with van der Waals surface area (Å²) in [4.78, 5) is 30.1. The van der Waals surface area contributed by atoms with E-state index in [0.717, 1.165) is 23.2 Å². The average Bonchev–Trinajstić information content (AvgIpc) is 3.05. The molecule has 2 N–H and O–H groups in total. The highest BCUT2D eigenvalue weighted by molar-refractivity contribution is 5.97. The molecule has 7 heteroatoms. The van der Waals surface area contributed by atoms with E-state index in [1.807, 2.05) is 34.9 Å². The Hall–Kier alpha value is -2.90. The number of aliphatic hydroxyl groups excluding tert-OH is 1. The van der Waals surface area contributed by atoms with Crippen LogP contribution < -0.4 is 4.90 Å². The van der Waals surface area contributed by atoms with Crippen LogP contribution in [0.3, 0.4) is 0 Å². The molecular weight excluding hydrogens is 418 g/mol. The lowest BCUT2D eigenvalue weighted by atomic mass is 9.86. The first-order chi connectivity index (χ1) is 15.7. The van der Waals surface area contributed by atoms with Crippen molar-refractivity contribution in [2.45, 2.75) is 44.7 Å². The van der Waals surface area contributed by atoms with Crippen molar-refractivity contribution in [3.8, 4) is 0 Å². The van der Waals surface area contributed by atoms with Crippen molar-refractivity contribution < 1.29 is 19.8 Å². The summed E-state index contributed by atoms with van der Waals surface area (Å²) in [6.45, 7) is 7.33. The third-order valence-electron chi connectivity index (χ3n) is 6.94. The number of carboxylic acid groups (broad SMARTS) is 1. The van der Waals surface area contributed by atoms with E-state index in [4.69, 9.17) is 0 Å². The first-order valence-electron chi connectivity index (χ1n) is 11.5. The second kappa shape index (κ2) is 9.15. The standard InChI is InChI=1S/C26H33N3O4/c1-18-13-27(21(16-30)14-28(18)25(32)33)15-24(31)29-17-26(2,3)22-10-9-20(12-23(22)29)11-19-7-5-4-6-8-19/h4-10,12,18,21,30H,11,13-17H2,1-3H3,(H,32,33)/t18-,21-/m1/s1. The monoisotopic (exact) mass is 451 g/mol. The van der Waals surface area contributed by atoms with Crippen LogP contribution in [0.1, 0.15) is 37.5 Å². The van der Waals surface area contributed by atoms with Gasteiger partial charge < -0.3 is 20.0 Å². The molecule has 2 aliphatic rings. The zero-order valence-electron chi connectivity index (χ0n) is 19.6. The normalized spacial score (nSPS) is 22.3. The molecule has 0 bridgehead atoms. The van der Waals surface area contributed by atoms with E-state index in [9.17, 15) is 19.8 Å². The van der Waals surface area contributed by atoms with Crippen molar-refractivity contribution >= 4 is 17.7 Å². The van der Waals surface area contributed by atoms with Gasteiger partial charge in [0.2, 0.25) is 5.91 Å². The Morgan fingerprint density at radius 2 is 1.79 bits per heavy atom. The molecule has 1 fully saturated rings. The maximum absolute atomic E-state index is 13.5. The van der Waals surface area contributed by atoms with Crippen LogP contribution >= 0.6 is 0 Å². The van der Waals surface area contributed by atoms with Crippen LogP contribution in [0.15, 0.2) is 48.5 Å². The number of aliphatic hydroxyl groups is 1. The van der Waals surface area contributed by atoms with E-state index < -0.39 is 6.09 Å². The molecule has 2 aliphatic heterocycles. The van der Waals surface area contributed by atoms with Crippen LogP contribution in [0.25, 0.3) is 0 Å². The van der Waals surface area contributed by atoms with Gasteiger partial charge in [-0.3, -0.25) is 9.69 Å². The molecule has 0 saturated carbocycles. The predicted molar refractivity (Wildman–Crippen MR) is 128 cm³/mol. The van der Waals surface area contributed by atoms with Gasteiger partial charge in [-0.25, -0.2) is 4.79 Å². The molecular formula is C26H33N3O4. The van der Waals surface area contributed by atoms with Gasteiger partial charge in [0, 0.05) is 36.8 Å². The van der Waals surface area contributed by atoms with Gasteiger partial charge in [0.05, 0.1) is 19.2 Å². The second-order valence-corrected chi connectivity index (χ2v) is 9.93. The summed E-state index contributed by atoms with van der Waals surface area (Å²) < 4.78 is 0. The molecule has 7 nitrogen and oxygen atoms in total. The number of carbonyl (C=O) groups excluding carboxylic acids is 1. The topological polar surface area (TPSA) is 84.3 Å². The van der Waals surface area contributed by atoms with Gasteiger partial charge in [-0.2, -0.15) is 0 Å². The Bertz CT molecular complexity index is 1020. The van der Waals surface area contributed by atoms with Crippen LogP contribution in [0, 0.1) is 0 Å². The predicted octanol–water partition coefficient (Wildman–Crippen LogP) is 2.95. The van der Waals surface area contributed by atoms with Gasteiger partial charge in [0.1, 0.15) is 0 Å². The van der Waals surface area contributed by atoms with Crippen molar-refractivity contribution in [1.29, 1.82) is 0 Å². The maximum Gasteiger partial charge on any atom is 0.407 e. The number of fused-ring (bicyclic) bond motifs is 1. The molecule has 1 saturated heterocycles. The minimum Gasteiger partial charge on any atom is -0.465 e. The molecule has 2 amide bonds. The molecule has 0 aromatic heterocycles. The first kappa shape index (κ1) is 23.3. The van der Waals surface area contributed by atoms with Gasteiger partial charge in [0.25, 0.3) is 0 Å². The fourth-order valence-electron chi connectivity index (χ4n) is 5.10. The number of rotatable bonds is 5. The minimum absolute atomic E-state index is 0.0203. The summed E-state index contributed by atoms with van der Waals surface area (Å²) in [6.07, 6.45) is -0.189. The van der Waals surface area contributed by atoms with Crippen LogP contribution in [-0.2, 0) is 16.6 Å². The molecule has 2 atom stereocenters. The van der Waals surface area contributed by atoms with Crippen molar-refractivity contribution in [2.75, 3.05) is 37.7 Å². The number of piperazine rings is 1. The lowest BCUT2D eigenvalue weighted by Crippen LogP contribution is -2.61. The number of hydrogen-bond acceptors (Lipinski definition) is 4. The van der Waals surface area contributed by atoms with Crippen LogP contribution in [0.5, 0.6) is 0 Å². The third kappa shape index (κ3) is 4.75. The van der Waals surface area contributed by atoms with Crippen LogP contribution in [0.2, 0.25) is 0 Å². The third-order valence-corrected chi connectivity index (χ3v) is 6.94. The number of nitrogens with zero attached hydrogens (tertiary/aromatic N) is 3. The summed E-state index contributed by atoms with van der Waals surface area (Å²) in [5.41, 5.74) is 4.35. The zero-order valence-corrected chi connectivity index (χ0v) is 19.6. The fraction of sp³-hybridized carbons (Fsp3) is 0.462. The maximum atomic E-state index is 13.5. The van der Waals surface area contributed by atoms with Gasteiger partial charge in [-0.15, -0.1) is 0 Å². The Labute approximate surface area is 195 Å². The molecule has 0 radical (unpaired) electrons. The first-order valence-corrected chi connectivity index (χ1v) is 11.5. The second-order valence-electron chi connectivity index (χ2n) is 9.93. The minimum atomic E-state index is -0.993. The van der Waals surface area contributed by atoms with Crippen LogP contribution in [0.4, 0.5) is 10.5 Å². The summed E-state index contributed by atoms with van der Waals surface area (Å²) in [5, 5.41) is 19.3. The summed E-state index contributed by atoms with van der Waals surface area (Å²) in [7, 11) is 0. The number of carbonyl (C=O) groups is 2. The van der Waals surface area contributed by atoms with Crippen molar-refractivity contribution in [3.63, 3.8) is 0 Å². The van der Waals surface area contributed by atoms with Crippen LogP contribution in [-0.4, -0.2) is 76.9 Å². The number of benzene rings is 2. The fourth-order valence-corrected chi connectivity index (χ4v) is 5.10. The van der Waals surface area contributed by atoms with Crippen molar-refractivity contribution in [2.24, 2.45) is 0 Å². The SMILES string of the molecule is C[C@@H]1CN(CC(=O)N2CC(C)(C)c3ccc(Cc4ccccc4)cc32)[C@@H](CO)CN1C(=O)O. The molecule has 2 aromatic rings. The lowest BCUT2D eigenvalue weighted by Gasteiger charge is -2.43. The Morgan fingerprint density at radius 1 is 1.06 bits per heavy atom. The molecule has 2 aromatic carbocycles. The largest absolute Gasteiger partial charge is 0.465 e. The molecule has 0 unspecified atom stereocenters. The molecule has 4 rings (SSSR count). The Morgan fingerprint density at radius 3 is 2.45 bits per heavy atom. The Kier molecular flexibility index (Phi) is 6.45. The summed E-state index contributed by atoms with van der Waals surface area (Å²) >= 11 is 0. The number of hydrogen-bond donors (Lipinski definition) is 2. The highest BCUT2D eigenvalue weighted by Gasteiger charge is 2.40. The highest BCUT2D eigenvalue weighted by atomic mass is 16.4. The molecule has 0 spiro atoms. The molecule has 2 heterocycles. The summed E-state index contributed by atoms with van der Waals surface area (Å²) in [6, 6.07) is 16.1. The smallest absolute Gasteiger partial charge is 0.407 e. The Balaban J connectivity index is 1.54. The quantitative estimate of drug-likeness (QED) is 0.730. The van der Waals surface area contributed by atoms with Crippen molar-refractivity contribution in [1.82, 2.24) is 9.80 Å².